The molecule has 6 heteroatoms. The summed E-state index contributed by atoms with van der Waals surface area (Å²) in [4.78, 5) is 2.49. The number of hydrogen-bond donors (Lipinski definition) is 1. The van der Waals surface area contributed by atoms with E-state index in [1.54, 1.807) is 18.2 Å². The molecular formula is C28H31Cl2NO3. The van der Waals surface area contributed by atoms with Crippen LogP contribution in [0.3, 0.4) is 0 Å². The lowest BCUT2D eigenvalue weighted by molar-refractivity contribution is 0.147. The Balaban J connectivity index is 1.42. The topological polar surface area (TPSA) is 41.9 Å². The summed E-state index contributed by atoms with van der Waals surface area (Å²) in [6.45, 7) is 4.95. The monoisotopic (exact) mass is 499 g/mol. The molecule has 0 heterocycles. The predicted octanol–water partition coefficient (Wildman–Crippen LogP) is 6.93. The van der Waals surface area contributed by atoms with Crippen LogP contribution in [0.5, 0.6) is 17.2 Å². The van der Waals surface area contributed by atoms with Crippen LogP contribution in [-0.2, 0) is 19.4 Å². The van der Waals surface area contributed by atoms with Gasteiger partial charge in [0.25, 0.3) is 0 Å². The zero-order valence-electron chi connectivity index (χ0n) is 19.5. The molecule has 3 aromatic carbocycles. The molecule has 3 aromatic rings. The Bertz CT molecular complexity index is 1070. The van der Waals surface area contributed by atoms with Crippen molar-refractivity contribution in [1.82, 2.24) is 4.90 Å². The summed E-state index contributed by atoms with van der Waals surface area (Å²) < 4.78 is 12.0. The SMILES string of the molecule is CCCN(CCOc1c(Cl)cccc1Cl)C1CCc2c(ccc(O)c2OCc2ccccc2)C1. The molecule has 0 aromatic heterocycles. The molecule has 1 atom stereocenters. The van der Waals surface area contributed by atoms with Crippen LogP contribution in [0.15, 0.2) is 60.7 Å². The smallest absolute Gasteiger partial charge is 0.164 e. The fourth-order valence-electron chi connectivity index (χ4n) is 4.64. The minimum absolute atomic E-state index is 0.212. The molecule has 4 nitrogen and oxygen atoms in total. The van der Waals surface area contributed by atoms with E-state index >= 15 is 0 Å². The largest absolute Gasteiger partial charge is 0.504 e. The van der Waals surface area contributed by atoms with Gasteiger partial charge >= 0.3 is 0 Å². The zero-order chi connectivity index (χ0) is 23.9. The summed E-state index contributed by atoms with van der Waals surface area (Å²) in [7, 11) is 0. The highest BCUT2D eigenvalue weighted by atomic mass is 35.5. The van der Waals surface area contributed by atoms with Crippen molar-refractivity contribution in [2.24, 2.45) is 0 Å². The van der Waals surface area contributed by atoms with E-state index in [1.165, 1.54) is 5.56 Å². The quantitative estimate of drug-likeness (QED) is 0.328. The van der Waals surface area contributed by atoms with Crippen LogP contribution < -0.4 is 9.47 Å². The molecule has 1 unspecified atom stereocenters. The van der Waals surface area contributed by atoms with Crippen LogP contribution in [0.2, 0.25) is 10.0 Å². The van der Waals surface area contributed by atoms with E-state index < -0.39 is 0 Å². The predicted molar refractivity (Wildman–Crippen MR) is 139 cm³/mol. The van der Waals surface area contributed by atoms with Gasteiger partial charge in [-0.1, -0.05) is 72.6 Å². The van der Waals surface area contributed by atoms with Crippen molar-refractivity contribution in [3.05, 3.63) is 87.4 Å². The Kier molecular flexibility index (Phi) is 8.60. The fraction of sp³-hybridized carbons (Fsp3) is 0.357. The van der Waals surface area contributed by atoms with Gasteiger partial charge < -0.3 is 14.6 Å². The van der Waals surface area contributed by atoms with Gasteiger partial charge in [-0.25, -0.2) is 0 Å². The van der Waals surface area contributed by atoms with Crippen LogP contribution in [0.25, 0.3) is 0 Å². The minimum atomic E-state index is 0.212. The van der Waals surface area contributed by atoms with Crippen molar-refractivity contribution in [3.8, 4) is 17.2 Å². The molecule has 0 amide bonds. The first kappa shape index (κ1) is 24.7. The summed E-state index contributed by atoms with van der Waals surface area (Å²) in [6.07, 6.45) is 3.86. The second-order valence-corrected chi connectivity index (χ2v) is 9.47. The third-order valence-corrected chi connectivity index (χ3v) is 6.91. The Labute approximate surface area is 212 Å². The van der Waals surface area contributed by atoms with Crippen LogP contribution in [0.4, 0.5) is 0 Å². The number of para-hydroxylation sites is 1. The first-order chi connectivity index (χ1) is 16.6. The van der Waals surface area contributed by atoms with Crippen molar-refractivity contribution in [3.63, 3.8) is 0 Å². The van der Waals surface area contributed by atoms with Gasteiger partial charge in [-0.3, -0.25) is 4.90 Å². The number of ether oxygens (including phenoxy) is 2. The van der Waals surface area contributed by atoms with Crippen molar-refractivity contribution in [2.75, 3.05) is 19.7 Å². The number of nitrogens with zero attached hydrogens (tertiary/aromatic N) is 1. The number of rotatable bonds is 10. The van der Waals surface area contributed by atoms with E-state index in [9.17, 15) is 5.11 Å². The first-order valence-corrected chi connectivity index (χ1v) is 12.6. The Morgan fingerprint density at radius 3 is 2.41 bits per heavy atom. The number of hydrogen-bond acceptors (Lipinski definition) is 4. The van der Waals surface area contributed by atoms with Gasteiger partial charge in [0, 0.05) is 18.2 Å². The van der Waals surface area contributed by atoms with E-state index in [1.807, 2.05) is 42.5 Å². The average molecular weight is 500 g/mol. The van der Waals surface area contributed by atoms with Crippen LogP contribution >= 0.6 is 23.2 Å². The molecule has 0 fully saturated rings. The summed E-state index contributed by atoms with van der Waals surface area (Å²) in [6, 6.07) is 19.6. The van der Waals surface area contributed by atoms with Gasteiger partial charge in [-0.2, -0.15) is 0 Å². The van der Waals surface area contributed by atoms with Crippen LogP contribution in [0.1, 0.15) is 36.5 Å². The summed E-state index contributed by atoms with van der Waals surface area (Å²) in [5, 5.41) is 11.6. The maximum absolute atomic E-state index is 10.5. The number of halogens is 2. The maximum Gasteiger partial charge on any atom is 0.164 e. The lowest BCUT2D eigenvalue weighted by atomic mass is 9.86. The Hall–Kier alpha value is -2.40. The molecule has 0 saturated heterocycles. The molecule has 0 saturated carbocycles. The first-order valence-electron chi connectivity index (χ1n) is 11.9. The second kappa shape index (κ2) is 11.8. The van der Waals surface area contributed by atoms with Crippen molar-refractivity contribution < 1.29 is 14.6 Å². The van der Waals surface area contributed by atoms with Crippen molar-refractivity contribution >= 4 is 23.2 Å². The Morgan fingerprint density at radius 1 is 0.912 bits per heavy atom. The number of benzene rings is 3. The van der Waals surface area contributed by atoms with E-state index in [2.05, 4.69) is 11.8 Å². The van der Waals surface area contributed by atoms with E-state index in [-0.39, 0.29) is 5.75 Å². The molecular weight excluding hydrogens is 469 g/mol. The second-order valence-electron chi connectivity index (χ2n) is 8.66. The highest BCUT2D eigenvalue weighted by Gasteiger charge is 2.27. The third kappa shape index (κ3) is 5.99. The highest BCUT2D eigenvalue weighted by Crippen LogP contribution is 2.38. The summed E-state index contributed by atoms with van der Waals surface area (Å²) in [5.41, 5.74) is 3.46. The van der Waals surface area contributed by atoms with Gasteiger partial charge in [0.2, 0.25) is 0 Å². The molecule has 1 aliphatic rings. The molecule has 0 aliphatic heterocycles. The van der Waals surface area contributed by atoms with E-state index in [4.69, 9.17) is 32.7 Å². The fourth-order valence-corrected chi connectivity index (χ4v) is 5.15. The molecule has 0 spiro atoms. The van der Waals surface area contributed by atoms with Gasteiger partial charge in [-0.15, -0.1) is 0 Å². The number of phenolic OH excluding ortho intramolecular Hbond substituents is 1. The standard InChI is InChI=1S/C28H31Cl2NO3/c1-2-15-31(16-17-33-28-24(29)9-6-10-25(28)30)22-12-13-23-21(18-22)11-14-26(32)27(23)34-19-20-7-4-3-5-8-20/h3-11,14,22,32H,2,12-13,15-19H2,1H3. The van der Waals surface area contributed by atoms with Crippen molar-refractivity contribution in [2.45, 2.75) is 45.3 Å². The molecule has 1 N–H and O–H groups in total. The summed E-state index contributed by atoms with van der Waals surface area (Å²) in [5.74, 6) is 1.38. The van der Waals surface area contributed by atoms with Crippen molar-refractivity contribution in [1.29, 1.82) is 0 Å². The van der Waals surface area contributed by atoms with Crippen LogP contribution in [-0.4, -0.2) is 35.7 Å². The minimum Gasteiger partial charge on any atom is -0.504 e. The number of phenols is 1. The van der Waals surface area contributed by atoms with E-state index in [0.717, 1.165) is 49.9 Å². The number of aromatic hydroxyl groups is 1. The van der Waals surface area contributed by atoms with Gasteiger partial charge in [0.05, 0.1) is 10.0 Å². The lowest BCUT2D eigenvalue weighted by Gasteiger charge is -2.35. The average Bonchev–Trinajstić information content (AvgIpc) is 2.85. The highest BCUT2D eigenvalue weighted by molar-refractivity contribution is 6.37. The molecule has 0 radical (unpaired) electrons. The normalized spacial score (nSPS) is 15.2. The summed E-state index contributed by atoms with van der Waals surface area (Å²) >= 11 is 12.5. The third-order valence-electron chi connectivity index (χ3n) is 6.32. The molecule has 180 valence electrons. The van der Waals surface area contributed by atoms with Crippen LogP contribution in [0, 0.1) is 0 Å². The molecule has 0 bridgehead atoms. The molecule has 4 rings (SSSR count). The van der Waals surface area contributed by atoms with E-state index in [0.29, 0.717) is 40.8 Å². The Morgan fingerprint density at radius 2 is 1.68 bits per heavy atom. The lowest BCUT2D eigenvalue weighted by Crippen LogP contribution is -2.42. The van der Waals surface area contributed by atoms with Gasteiger partial charge in [0.15, 0.2) is 17.2 Å². The maximum atomic E-state index is 10.5. The zero-order valence-corrected chi connectivity index (χ0v) is 21.0. The molecule has 1 aliphatic carbocycles. The van der Waals surface area contributed by atoms with Gasteiger partial charge in [-0.05, 0) is 61.6 Å². The number of fused-ring (bicyclic) bond motifs is 1. The molecule has 34 heavy (non-hydrogen) atoms. The van der Waals surface area contributed by atoms with Gasteiger partial charge in [0.1, 0.15) is 13.2 Å².